The molecule has 2 aliphatic heterocycles. The molecule has 1 spiro atoms. The van der Waals surface area contributed by atoms with Gasteiger partial charge < -0.3 is 20.5 Å². The number of imide groups is 1. The quantitative estimate of drug-likeness (QED) is 0.327. The molecule has 2 aliphatic rings. The lowest BCUT2D eigenvalue weighted by molar-refractivity contribution is -0.139. The lowest BCUT2D eigenvalue weighted by Crippen LogP contribution is -2.74. The summed E-state index contributed by atoms with van der Waals surface area (Å²) in [5.41, 5.74) is -0.769. The predicted octanol–water partition coefficient (Wildman–Crippen LogP) is 5.40. The van der Waals surface area contributed by atoms with Crippen LogP contribution in [0.25, 0.3) is 0 Å². The maximum Gasteiger partial charge on any atom is 0.338 e. The number of rotatable bonds is 6. The highest BCUT2D eigenvalue weighted by Crippen LogP contribution is 2.46. The number of carbonyl (C=O) groups excluding carboxylic acids is 3. The highest BCUT2D eigenvalue weighted by Gasteiger charge is 2.63. The molecule has 1 aromatic carbocycles. The number of amides is 3. The third-order valence-corrected chi connectivity index (χ3v) is 9.18. The van der Waals surface area contributed by atoms with Crippen LogP contribution in [0.2, 0.25) is 0 Å². The number of esters is 1. The van der Waals surface area contributed by atoms with Gasteiger partial charge in [-0.25, -0.2) is 9.59 Å². The third kappa shape index (κ3) is 5.54. The van der Waals surface area contributed by atoms with Crippen LogP contribution in [0.4, 0.5) is 4.79 Å². The minimum absolute atomic E-state index is 0.0275. The van der Waals surface area contributed by atoms with E-state index in [1.807, 2.05) is 48.5 Å². The van der Waals surface area contributed by atoms with Gasteiger partial charge in [0, 0.05) is 28.1 Å². The normalized spacial score (nSPS) is 29.6. The summed E-state index contributed by atoms with van der Waals surface area (Å²) in [5, 5.41) is 17.8. The highest BCUT2D eigenvalue weighted by atomic mass is 16.5. The van der Waals surface area contributed by atoms with E-state index in [0.29, 0.717) is 23.1 Å². The van der Waals surface area contributed by atoms with Crippen LogP contribution in [0, 0.1) is 5.92 Å². The van der Waals surface area contributed by atoms with Gasteiger partial charge in [0.2, 0.25) is 0 Å². The molecule has 2 fully saturated rings. The van der Waals surface area contributed by atoms with Crippen molar-refractivity contribution in [3.05, 3.63) is 28.8 Å². The molecular formula is C31H49N3O5. The molecule has 4 atom stereocenters. The van der Waals surface area contributed by atoms with Gasteiger partial charge in [-0.15, -0.1) is 0 Å². The van der Waals surface area contributed by atoms with Crippen LogP contribution in [-0.2, 0) is 20.4 Å². The topological polar surface area (TPSA) is 108 Å². The molecule has 218 valence electrons. The maximum absolute atomic E-state index is 13.9. The second-order valence-electron chi connectivity index (χ2n) is 14.1. The van der Waals surface area contributed by atoms with E-state index in [-0.39, 0.29) is 52.6 Å². The van der Waals surface area contributed by atoms with Gasteiger partial charge in [-0.3, -0.25) is 9.69 Å². The molecule has 2 saturated heterocycles. The van der Waals surface area contributed by atoms with E-state index in [2.05, 4.69) is 38.3 Å². The van der Waals surface area contributed by atoms with E-state index in [1.165, 1.54) is 4.90 Å². The number of nitrogens with zero attached hydrogens (tertiary/aromatic N) is 1. The molecule has 0 aromatic heterocycles. The average molecular weight is 544 g/mol. The van der Waals surface area contributed by atoms with Crippen LogP contribution in [0.5, 0.6) is 5.75 Å². The Bertz CT molecular complexity index is 1110. The van der Waals surface area contributed by atoms with Gasteiger partial charge in [-0.2, -0.15) is 0 Å². The van der Waals surface area contributed by atoms with Crippen molar-refractivity contribution < 1.29 is 24.2 Å². The molecule has 8 nitrogen and oxygen atoms in total. The molecule has 0 aliphatic carbocycles. The highest BCUT2D eigenvalue weighted by molar-refractivity contribution is 6.07. The van der Waals surface area contributed by atoms with Crippen molar-refractivity contribution >= 4 is 17.9 Å². The van der Waals surface area contributed by atoms with Gasteiger partial charge in [0.25, 0.3) is 5.91 Å². The van der Waals surface area contributed by atoms with Crippen molar-refractivity contribution in [3.63, 3.8) is 0 Å². The summed E-state index contributed by atoms with van der Waals surface area (Å²) in [5.74, 6) is -0.764. The number of hydrogen-bond donors (Lipinski definition) is 3. The van der Waals surface area contributed by atoms with Crippen molar-refractivity contribution in [2.45, 2.75) is 123 Å². The van der Waals surface area contributed by atoms with Crippen molar-refractivity contribution in [1.29, 1.82) is 0 Å². The number of phenolic OH excluding ortho intramolecular Hbond substituents is 1. The fourth-order valence-electron chi connectivity index (χ4n) is 6.23. The first-order chi connectivity index (χ1) is 17.7. The average Bonchev–Trinajstić information content (AvgIpc) is 3.05. The summed E-state index contributed by atoms with van der Waals surface area (Å²) in [7, 11) is 0. The summed E-state index contributed by atoms with van der Waals surface area (Å²) < 4.78 is 5.58. The van der Waals surface area contributed by atoms with Gasteiger partial charge in [-0.1, -0.05) is 62.3 Å². The Balaban J connectivity index is 1.81. The first-order valence-electron chi connectivity index (χ1n) is 14.2. The second-order valence-corrected chi connectivity index (χ2v) is 14.1. The smallest absolute Gasteiger partial charge is 0.338 e. The Morgan fingerprint density at radius 1 is 1.05 bits per heavy atom. The second kappa shape index (κ2) is 10.1. The Morgan fingerprint density at radius 2 is 1.59 bits per heavy atom. The minimum Gasteiger partial charge on any atom is -0.507 e. The molecular weight excluding hydrogens is 494 g/mol. The van der Waals surface area contributed by atoms with E-state index < -0.39 is 17.5 Å². The van der Waals surface area contributed by atoms with E-state index in [4.69, 9.17) is 4.74 Å². The summed E-state index contributed by atoms with van der Waals surface area (Å²) in [6, 6.07) is 2.89. The molecule has 4 unspecified atom stereocenters. The number of aromatic hydroxyl groups is 1. The zero-order chi connectivity index (χ0) is 29.8. The molecule has 3 amide bonds. The number of ether oxygens (including phenoxy) is 1. The molecule has 3 N–H and O–H groups in total. The van der Waals surface area contributed by atoms with Crippen LogP contribution in [0.1, 0.15) is 117 Å². The van der Waals surface area contributed by atoms with Crippen LogP contribution in [-0.4, -0.2) is 57.7 Å². The number of nitrogens with one attached hydrogen (secondary N) is 2. The number of urea groups is 1. The largest absolute Gasteiger partial charge is 0.507 e. The molecule has 1 aromatic rings. The zero-order valence-electron chi connectivity index (χ0n) is 25.8. The van der Waals surface area contributed by atoms with E-state index in [9.17, 15) is 19.5 Å². The molecule has 2 heterocycles. The van der Waals surface area contributed by atoms with Gasteiger partial charge >= 0.3 is 12.0 Å². The van der Waals surface area contributed by atoms with Crippen LogP contribution < -0.4 is 10.6 Å². The summed E-state index contributed by atoms with van der Waals surface area (Å²) >= 11 is 0. The fourth-order valence-corrected chi connectivity index (χ4v) is 6.23. The van der Waals surface area contributed by atoms with Gasteiger partial charge in [0.15, 0.2) is 0 Å². The van der Waals surface area contributed by atoms with E-state index in [0.717, 1.165) is 12.8 Å². The van der Waals surface area contributed by atoms with Crippen LogP contribution in [0.15, 0.2) is 12.1 Å². The van der Waals surface area contributed by atoms with Crippen LogP contribution in [0.3, 0.4) is 0 Å². The summed E-state index contributed by atoms with van der Waals surface area (Å²) in [6.07, 6.45) is 2.12. The van der Waals surface area contributed by atoms with Crippen molar-refractivity contribution in [2.24, 2.45) is 5.92 Å². The van der Waals surface area contributed by atoms with E-state index >= 15 is 0 Å². The lowest BCUT2D eigenvalue weighted by Gasteiger charge is -2.56. The molecule has 0 saturated carbocycles. The van der Waals surface area contributed by atoms with Crippen molar-refractivity contribution in [2.75, 3.05) is 13.2 Å². The first kappa shape index (κ1) is 30.9. The summed E-state index contributed by atoms with van der Waals surface area (Å²) in [4.78, 5) is 41.3. The molecule has 39 heavy (non-hydrogen) atoms. The number of carbonyl (C=O) groups is 3. The van der Waals surface area contributed by atoms with Crippen molar-refractivity contribution in [1.82, 2.24) is 15.5 Å². The third-order valence-electron chi connectivity index (χ3n) is 9.18. The number of benzene rings is 1. The van der Waals surface area contributed by atoms with E-state index in [1.54, 1.807) is 12.1 Å². The monoisotopic (exact) mass is 543 g/mol. The summed E-state index contributed by atoms with van der Waals surface area (Å²) in [6.45, 7) is 22.2. The molecule has 8 heteroatoms. The van der Waals surface area contributed by atoms with Crippen molar-refractivity contribution in [3.8, 4) is 5.75 Å². The predicted molar refractivity (Wildman–Crippen MR) is 153 cm³/mol. The zero-order valence-corrected chi connectivity index (χ0v) is 25.8. The molecule has 0 bridgehead atoms. The SMILES string of the molecule is CCC1(C)CC2(NC(=O)N(CCOC(=O)c3cc(C(C)(C)C)c(O)c(C(C)(C)C)c3)C2=O)C(C)C(C)(CC)N1. The van der Waals surface area contributed by atoms with Gasteiger partial charge in [0.05, 0.1) is 12.1 Å². The standard InChI is InChI=1S/C31H49N3O5/c1-12-29(10)18-31(19(3)30(11,13-2)33-29)25(37)34(26(38)32-31)14-15-39-24(36)20-16-21(27(4,5)6)23(35)22(17-20)28(7,8)9/h16-17,19,33,35H,12-15,18H2,1-11H3,(H,32,38). The number of piperidine rings is 1. The number of phenols is 1. The first-order valence-corrected chi connectivity index (χ1v) is 14.2. The molecule has 3 rings (SSSR count). The Labute approximate surface area is 234 Å². The fraction of sp³-hybridized carbons (Fsp3) is 0.710. The minimum atomic E-state index is -1.01. The Morgan fingerprint density at radius 3 is 2.05 bits per heavy atom. The molecule has 0 radical (unpaired) electrons. The Hall–Kier alpha value is -2.61. The van der Waals surface area contributed by atoms with Crippen LogP contribution >= 0.6 is 0 Å². The maximum atomic E-state index is 13.9. The Kier molecular flexibility index (Phi) is 8.00. The van der Waals surface area contributed by atoms with Gasteiger partial charge in [-0.05, 0) is 56.1 Å². The number of hydrogen-bond acceptors (Lipinski definition) is 6. The lowest BCUT2D eigenvalue weighted by atomic mass is 9.61. The van der Waals surface area contributed by atoms with Gasteiger partial charge in [0.1, 0.15) is 17.9 Å².